The fourth-order valence-electron chi connectivity index (χ4n) is 10.2. The number of aliphatic hydroxyl groups excluding tert-OH is 2. The SMILES string of the molecule is CCCCC/C=C\CCCCCCCC(=O)OCCCCCCCCCCCCCC/C=C\CCCCCCCCCCCCCCCCCC(=O)NC(CO)C(O)CCCCCCCCCCCCCC. The zero-order valence-corrected chi connectivity index (χ0v) is 48.7. The number of carbonyl (C=O) groups excluding carboxylic acids is 2. The Morgan fingerprint density at radius 1 is 0.375 bits per heavy atom. The van der Waals surface area contributed by atoms with Crippen molar-refractivity contribution in [2.75, 3.05) is 13.2 Å². The van der Waals surface area contributed by atoms with Gasteiger partial charge in [-0.15, -0.1) is 0 Å². The Bertz CT molecular complexity index is 1120. The minimum Gasteiger partial charge on any atom is -0.466 e. The molecule has 0 heterocycles. The fourth-order valence-corrected chi connectivity index (χ4v) is 10.2. The molecule has 2 unspecified atom stereocenters. The molecule has 72 heavy (non-hydrogen) atoms. The lowest BCUT2D eigenvalue weighted by Crippen LogP contribution is -2.45. The van der Waals surface area contributed by atoms with E-state index < -0.39 is 12.1 Å². The van der Waals surface area contributed by atoms with Gasteiger partial charge in [0.2, 0.25) is 5.91 Å². The summed E-state index contributed by atoms with van der Waals surface area (Å²) in [5.74, 6) is -0.0241. The van der Waals surface area contributed by atoms with Gasteiger partial charge in [-0.2, -0.15) is 0 Å². The second kappa shape index (κ2) is 61.9. The van der Waals surface area contributed by atoms with Crippen molar-refractivity contribution in [1.29, 1.82) is 0 Å². The highest BCUT2D eigenvalue weighted by molar-refractivity contribution is 5.76. The van der Waals surface area contributed by atoms with Crippen LogP contribution in [0, 0.1) is 0 Å². The van der Waals surface area contributed by atoms with E-state index in [1.807, 2.05) is 0 Å². The lowest BCUT2D eigenvalue weighted by molar-refractivity contribution is -0.143. The first-order valence-electron chi connectivity index (χ1n) is 32.6. The van der Waals surface area contributed by atoms with Gasteiger partial charge in [-0.05, 0) is 77.0 Å². The second-order valence-corrected chi connectivity index (χ2v) is 22.4. The van der Waals surface area contributed by atoms with Gasteiger partial charge < -0.3 is 20.3 Å². The molecule has 0 aliphatic rings. The van der Waals surface area contributed by atoms with Crippen molar-refractivity contribution in [3.05, 3.63) is 24.3 Å². The first kappa shape index (κ1) is 70.3. The Balaban J connectivity index is 3.34. The van der Waals surface area contributed by atoms with Gasteiger partial charge >= 0.3 is 5.97 Å². The van der Waals surface area contributed by atoms with Crippen molar-refractivity contribution in [2.24, 2.45) is 0 Å². The predicted octanol–water partition coefficient (Wildman–Crippen LogP) is 20.6. The molecular formula is C66H127NO5. The van der Waals surface area contributed by atoms with Crippen LogP contribution in [-0.4, -0.2) is 47.4 Å². The van der Waals surface area contributed by atoms with E-state index in [0.717, 1.165) is 44.9 Å². The molecule has 0 saturated heterocycles. The Hall–Kier alpha value is -1.66. The van der Waals surface area contributed by atoms with Gasteiger partial charge in [-0.1, -0.05) is 295 Å². The number of carbonyl (C=O) groups is 2. The molecule has 0 aromatic carbocycles. The molecule has 426 valence electrons. The molecule has 0 radical (unpaired) electrons. The van der Waals surface area contributed by atoms with Crippen molar-refractivity contribution >= 4 is 11.9 Å². The van der Waals surface area contributed by atoms with E-state index in [1.54, 1.807) is 0 Å². The molecule has 3 N–H and O–H groups in total. The molecule has 0 saturated carbocycles. The van der Waals surface area contributed by atoms with Crippen LogP contribution in [0.1, 0.15) is 361 Å². The molecule has 0 aromatic rings. The number of unbranched alkanes of at least 4 members (excludes halogenated alkanes) is 46. The Morgan fingerprint density at radius 3 is 1.01 bits per heavy atom. The van der Waals surface area contributed by atoms with Gasteiger partial charge in [0, 0.05) is 12.8 Å². The summed E-state index contributed by atoms with van der Waals surface area (Å²) in [4.78, 5) is 24.5. The first-order valence-corrected chi connectivity index (χ1v) is 32.6. The van der Waals surface area contributed by atoms with Crippen molar-refractivity contribution in [3.63, 3.8) is 0 Å². The van der Waals surface area contributed by atoms with E-state index in [4.69, 9.17) is 4.74 Å². The van der Waals surface area contributed by atoms with E-state index in [1.165, 1.54) is 283 Å². The van der Waals surface area contributed by atoms with Crippen LogP contribution in [0.3, 0.4) is 0 Å². The molecule has 0 aromatic heterocycles. The quantitative estimate of drug-likeness (QED) is 0.0320. The number of aliphatic hydroxyl groups is 2. The molecule has 2 atom stereocenters. The molecule has 1 amide bonds. The van der Waals surface area contributed by atoms with Crippen molar-refractivity contribution < 1.29 is 24.5 Å². The van der Waals surface area contributed by atoms with E-state index in [2.05, 4.69) is 43.5 Å². The Labute approximate surface area is 450 Å². The van der Waals surface area contributed by atoms with Gasteiger partial charge in [0.1, 0.15) is 0 Å². The van der Waals surface area contributed by atoms with Gasteiger partial charge in [0.15, 0.2) is 0 Å². The highest BCUT2D eigenvalue weighted by atomic mass is 16.5. The van der Waals surface area contributed by atoms with Gasteiger partial charge in [0.25, 0.3) is 0 Å². The molecular weight excluding hydrogens is 887 g/mol. The number of allylic oxidation sites excluding steroid dienone is 4. The van der Waals surface area contributed by atoms with Crippen LogP contribution in [0.4, 0.5) is 0 Å². The molecule has 0 bridgehead atoms. The number of hydrogen-bond acceptors (Lipinski definition) is 5. The summed E-state index contributed by atoms with van der Waals surface area (Å²) in [7, 11) is 0. The Kier molecular flexibility index (Phi) is 60.5. The summed E-state index contributed by atoms with van der Waals surface area (Å²) in [5.41, 5.74) is 0. The van der Waals surface area contributed by atoms with Gasteiger partial charge in [0.05, 0.1) is 25.4 Å². The summed E-state index contributed by atoms with van der Waals surface area (Å²) in [6, 6.07) is -0.538. The monoisotopic (exact) mass is 1010 g/mol. The maximum absolute atomic E-state index is 12.5. The number of amides is 1. The van der Waals surface area contributed by atoms with Crippen molar-refractivity contribution in [1.82, 2.24) is 5.32 Å². The van der Waals surface area contributed by atoms with Crippen LogP contribution in [-0.2, 0) is 14.3 Å². The molecule has 6 heteroatoms. The summed E-state index contributed by atoms with van der Waals surface area (Å²) in [5, 5.41) is 23.2. The zero-order valence-electron chi connectivity index (χ0n) is 48.7. The van der Waals surface area contributed by atoms with Crippen molar-refractivity contribution in [3.8, 4) is 0 Å². The molecule has 6 nitrogen and oxygen atoms in total. The lowest BCUT2D eigenvalue weighted by Gasteiger charge is -2.22. The van der Waals surface area contributed by atoms with Crippen molar-refractivity contribution in [2.45, 2.75) is 373 Å². The number of ether oxygens (including phenoxy) is 1. The zero-order chi connectivity index (χ0) is 52.2. The third-order valence-corrected chi connectivity index (χ3v) is 15.2. The van der Waals surface area contributed by atoms with Crippen LogP contribution in [0.2, 0.25) is 0 Å². The van der Waals surface area contributed by atoms with Crippen LogP contribution in [0.15, 0.2) is 24.3 Å². The fraction of sp³-hybridized carbons (Fsp3) is 0.909. The number of esters is 1. The topological polar surface area (TPSA) is 95.9 Å². The summed E-state index contributed by atoms with van der Waals surface area (Å²) >= 11 is 0. The highest BCUT2D eigenvalue weighted by Crippen LogP contribution is 2.18. The minimum atomic E-state index is -0.661. The third kappa shape index (κ3) is 57.6. The van der Waals surface area contributed by atoms with E-state index >= 15 is 0 Å². The van der Waals surface area contributed by atoms with Crippen LogP contribution in [0.5, 0.6) is 0 Å². The van der Waals surface area contributed by atoms with E-state index in [-0.39, 0.29) is 18.5 Å². The number of hydrogen-bond donors (Lipinski definition) is 3. The maximum atomic E-state index is 12.5. The number of rotatable bonds is 61. The first-order chi connectivity index (χ1) is 35.5. The van der Waals surface area contributed by atoms with Crippen LogP contribution in [0.25, 0.3) is 0 Å². The van der Waals surface area contributed by atoms with Gasteiger partial charge in [-0.25, -0.2) is 0 Å². The largest absolute Gasteiger partial charge is 0.466 e. The average molecular weight is 1010 g/mol. The maximum Gasteiger partial charge on any atom is 0.305 e. The number of nitrogens with one attached hydrogen (secondary N) is 1. The normalized spacial score (nSPS) is 12.7. The smallest absolute Gasteiger partial charge is 0.305 e. The second-order valence-electron chi connectivity index (χ2n) is 22.4. The summed E-state index contributed by atoms with van der Waals surface area (Å²) in [6.45, 7) is 4.94. The van der Waals surface area contributed by atoms with Crippen LogP contribution >= 0.6 is 0 Å². The molecule has 0 spiro atoms. The molecule has 0 fully saturated rings. The van der Waals surface area contributed by atoms with Gasteiger partial charge in [-0.3, -0.25) is 9.59 Å². The molecule has 0 rings (SSSR count). The standard InChI is InChI=1S/C66H127NO5/c1-3-5-7-9-11-13-15-38-42-46-50-54-58-64(69)63(62-68)67-65(70)59-55-51-47-43-39-36-34-32-30-28-26-24-22-20-18-17-19-21-23-25-27-29-31-33-35-37-41-45-49-53-57-61-72-66(71)60-56-52-48-44-40-16-14-12-10-8-6-4-2/h12,14,19,21,63-64,68-69H,3-11,13,15-18,20,22-62H2,1-2H3,(H,67,70)/b14-12-,21-19-. The van der Waals surface area contributed by atoms with E-state index in [9.17, 15) is 19.8 Å². The lowest BCUT2D eigenvalue weighted by atomic mass is 10.0. The minimum absolute atomic E-state index is 0.00776. The molecule has 0 aliphatic heterocycles. The third-order valence-electron chi connectivity index (χ3n) is 15.2. The summed E-state index contributed by atoms with van der Waals surface area (Å²) in [6.07, 6.45) is 76.4. The Morgan fingerprint density at radius 2 is 0.653 bits per heavy atom. The van der Waals surface area contributed by atoms with E-state index in [0.29, 0.717) is 25.9 Å². The highest BCUT2D eigenvalue weighted by Gasteiger charge is 2.20. The molecule has 0 aliphatic carbocycles. The van der Waals surface area contributed by atoms with Crippen LogP contribution < -0.4 is 5.32 Å². The summed E-state index contributed by atoms with van der Waals surface area (Å²) < 4.78 is 5.47. The average Bonchev–Trinajstić information content (AvgIpc) is 3.38. The predicted molar refractivity (Wildman–Crippen MR) is 315 cm³/mol.